The summed E-state index contributed by atoms with van der Waals surface area (Å²) in [6.07, 6.45) is 2.95. The van der Waals surface area contributed by atoms with Gasteiger partial charge in [0.15, 0.2) is 0 Å². The van der Waals surface area contributed by atoms with E-state index in [2.05, 4.69) is 33.7 Å². The van der Waals surface area contributed by atoms with E-state index in [0.717, 1.165) is 63.1 Å². The number of nitrogens with zero attached hydrogens (tertiary/aromatic N) is 3. The molecule has 0 spiro atoms. The second-order valence-corrected chi connectivity index (χ2v) is 7.76. The number of benzene rings is 2. The number of imidazole rings is 1. The Labute approximate surface area is 172 Å². The number of ether oxygens (including phenoxy) is 1. The first-order chi connectivity index (χ1) is 14.3. The average Bonchev–Trinajstić information content (AvgIpc) is 3.12. The van der Waals surface area contributed by atoms with Gasteiger partial charge in [-0.1, -0.05) is 30.3 Å². The predicted molar refractivity (Wildman–Crippen MR) is 115 cm³/mol. The van der Waals surface area contributed by atoms with Crippen molar-refractivity contribution in [1.82, 2.24) is 14.5 Å². The normalized spacial score (nSPS) is 15.9. The highest BCUT2D eigenvalue weighted by Gasteiger charge is 2.25. The zero-order valence-electron chi connectivity index (χ0n) is 17.2. The van der Waals surface area contributed by atoms with Gasteiger partial charge in [0.25, 0.3) is 0 Å². The van der Waals surface area contributed by atoms with Crippen LogP contribution in [0, 0.1) is 5.82 Å². The molecule has 0 atom stereocenters. The summed E-state index contributed by atoms with van der Waals surface area (Å²) in [5, 5.41) is 0. The van der Waals surface area contributed by atoms with E-state index in [4.69, 9.17) is 9.72 Å². The van der Waals surface area contributed by atoms with E-state index in [1.807, 2.05) is 19.1 Å². The van der Waals surface area contributed by atoms with Crippen molar-refractivity contribution in [3.05, 3.63) is 65.7 Å². The number of aromatic nitrogens is 2. The minimum atomic E-state index is -0.0922. The van der Waals surface area contributed by atoms with Crippen LogP contribution < -0.4 is 0 Å². The smallest absolute Gasteiger partial charge is 0.126 e. The lowest BCUT2D eigenvalue weighted by Crippen LogP contribution is -2.35. The van der Waals surface area contributed by atoms with Crippen LogP contribution in [0.3, 0.4) is 0 Å². The Bertz CT molecular complexity index is 931. The molecule has 154 valence electrons. The Kier molecular flexibility index (Phi) is 6.57. The minimum Gasteiger partial charge on any atom is -0.380 e. The second-order valence-electron chi connectivity index (χ2n) is 7.76. The van der Waals surface area contributed by atoms with Gasteiger partial charge in [-0.3, -0.25) is 0 Å². The quantitative estimate of drug-likeness (QED) is 0.521. The third-order valence-electron chi connectivity index (χ3n) is 5.96. The van der Waals surface area contributed by atoms with E-state index >= 15 is 0 Å². The van der Waals surface area contributed by atoms with E-state index in [-0.39, 0.29) is 5.82 Å². The number of rotatable bonds is 8. The topological polar surface area (TPSA) is 30.3 Å². The average molecular weight is 396 g/mol. The molecule has 1 fully saturated rings. The van der Waals surface area contributed by atoms with Crippen molar-refractivity contribution in [2.45, 2.75) is 38.6 Å². The molecule has 0 amide bonds. The number of para-hydroxylation sites is 2. The molecule has 1 saturated heterocycles. The summed E-state index contributed by atoms with van der Waals surface area (Å²) in [4.78, 5) is 7.44. The van der Waals surface area contributed by atoms with Crippen molar-refractivity contribution in [2.75, 3.05) is 32.8 Å². The van der Waals surface area contributed by atoms with Gasteiger partial charge in [0.1, 0.15) is 11.6 Å². The summed E-state index contributed by atoms with van der Waals surface area (Å²) >= 11 is 0. The molecule has 0 bridgehead atoms. The zero-order chi connectivity index (χ0) is 20.1. The van der Waals surface area contributed by atoms with Gasteiger partial charge in [0.2, 0.25) is 0 Å². The Morgan fingerprint density at radius 1 is 1.03 bits per heavy atom. The van der Waals surface area contributed by atoms with Gasteiger partial charge >= 0.3 is 0 Å². The van der Waals surface area contributed by atoms with Crippen LogP contribution in [0.1, 0.15) is 37.1 Å². The molecule has 0 aliphatic carbocycles. The van der Waals surface area contributed by atoms with Crippen LogP contribution in [0.5, 0.6) is 0 Å². The van der Waals surface area contributed by atoms with Crippen molar-refractivity contribution in [1.29, 1.82) is 0 Å². The maximum Gasteiger partial charge on any atom is 0.126 e. The molecule has 4 rings (SSSR count). The van der Waals surface area contributed by atoms with Crippen molar-refractivity contribution >= 4 is 11.0 Å². The standard InChI is InChI=1S/C24H30FN3O/c1-2-29-18-17-28-23-10-6-5-9-22(23)26-24(28)20-12-15-27(16-13-20)14-11-19-7-3-4-8-21(19)25/h3-10,20H,2,11-18H2,1H3. The van der Waals surface area contributed by atoms with E-state index in [1.165, 1.54) is 11.3 Å². The Balaban J connectivity index is 1.41. The number of fused-ring (bicyclic) bond motifs is 1. The summed E-state index contributed by atoms with van der Waals surface area (Å²) in [6, 6.07) is 15.5. The highest BCUT2D eigenvalue weighted by atomic mass is 19.1. The molecule has 2 heterocycles. The minimum absolute atomic E-state index is 0.0922. The van der Waals surface area contributed by atoms with Crippen LogP contribution in [0.4, 0.5) is 4.39 Å². The Hall–Kier alpha value is -2.24. The third kappa shape index (κ3) is 4.68. The van der Waals surface area contributed by atoms with Crippen LogP contribution in [0.2, 0.25) is 0 Å². The van der Waals surface area contributed by atoms with E-state index in [9.17, 15) is 4.39 Å². The van der Waals surface area contributed by atoms with E-state index < -0.39 is 0 Å². The van der Waals surface area contributed by atoms with Crippen LogP contribution in [-0.2, 0) is 17.7 Å². The van der Waals surface area contributed by atoms with E-state index in [1.54, 1.807) is 12.1 Å². The van der Waals surface area contributed by atoms with Gasteiger partial charge in [0, 0.05) is 25.6 Å². The molecule has 1 aromatic heterocycles. The first-order valence-corrected chi connectivity index (χ1v) is 10.7. The molecular weight excluding hydrogens is 365 g/mol. The maximum absolute atomic E-state index is 13.9. The largest absolute Gasteiger partial charge is 0.380 e. The lowest BCUT2D eigenvalue weighted by molar-refractivity contribution is 0.138. The molecule has 29 heavy (non-hydrogen) atoms. The molecule has 0 unspecified atom stereocenters. The lowest BCUT2D eigenvalue weighted by atomic mass is 9.95. The molecular formula is C24H30FN3O. The van der Waals surface area contributed by atoms with Crippen LogP contribution in [0.15, 0.2) is 48.5 Å². The van der Waals surface area contributed by atoms with Crippen molar-refractivity contribution < 1.29 is 9.13 Å². The first-order valence-electron chi connectivity index (χ1n) is 10.7. The molecule has 2 aromatic carbocycles. The van der Waals surface area contributed by atoms with Gasteiger partial charge < -0.3 is 14.2 Å². The van der Waals surface area contributed by atoms with Crippen LogP contribution >= 0.6 is 0 Å². The lowest BCUT2D eigenvalue weighted by Gasteiger charge is -2.32. The number of piperidine rings is 1. The number of halogens is 1. The number of hydrogen-bond donors (Lipinski definition) is 0. The van der Waals surface area contributed by atoms with Crippen molar-refractivity contribution in [3.63, 3.8) is 0 Å². The molecule has 5 heteroatoms. The fourth-order valence-corrected chi connectivity index (χ4v) is 4.34. The fourth-order valence-electron chi connectivity index (χ4n) is 4.34. The summed E-state index contributed by atoms with van der Waals surface area (Å²) in [5.74, 6) is 1.57. The molecule has 4 nitrogen and oxygen atoms in total. The molecule has 3 aromatic rings. The van der Waals surface area contributed by atoms with Crippen molar-refractivity contribution in [3.8, 4) is 0 Å². The highest BCUT2D eigenvalue weighted by molar-refractivity contribution is 5.76. The maximum atomic E-state index is 13.9. The number of likely N-dealkylation sites (tertiary alicyclic amines) is 1. The third-order valence-corrected chi connectivity index (χ3v) is 5.96. The fraction of sp³-hybridized carbons (Fsp3) is 0.458. The van der Waals surface area contributed by atoms with Gasteiger partial charge in [-0.15, -0.1) is 0 Å². The Morgan fingerprint density at radius 2 is 1.79 bits per heavy atom. The number of hydrogen-bond acceptors (Lipinski definition) is 3. The SMILES string of the molecule is CCOCCn1c(C2CCN(CCc3ccccc3F)CC2)nc2ccccc21. The molecule has 0 radical (unpaired) electrons. The van der Waals surface area contributed by atoms with Crippen molar-refractivity contribution in [2.24, 2.45) is 0 Å². The summed E-state index contributed by atoms with van der Waals surface area (Å²) in [7, 11) is 0. The molecule has 1 aliphatic heterocycles. The predicted octanol–water partition coefficient (Wildman–Crippen LogP) is 4.63. The summed E-state index contributed by atoms with van der Waals surface area (Å²) in [5.41, 5.74) is 3.08. The van der Waals surface area contributed by atoms with Crippen LogP contribution in [-0.4, -0.2) is 47.3 Å². The summed E-state index contributed by atoms with van der Waals surface area (Å²) < 4.78 is 21.8. The van der Waals surface area contributed by atoms with Gasteiger partial charge in [0.05, 0.1) is 17.6 Å². The summed E-state index contributed by atoms with van der Waals surface area (Å²) in [6.45, 7) is 7.31. The highest BCUT2D eigenvalue weighted by Crippen LogP contribution is 2.30. The molecule has 0 saturated carbocycles. The Morgan fingerprint density at radius 3 is 2.59 bits per heavy atom. The second kappa shape index (κ2) is 9.51. The van der Waals surface area contributed by atoms with Crippen LogP contribution in [0.25, 0.3) is 11.0 Å². The van der Waals surface area contributed by atoms with Gasteiger partial charge in [-0.25, -0.2) is 9.37 Å². The monoisotopic (exact) mass is 395 g/mol. The first kappa shape index (κ1) is 20.0. The zero-order valence-corrected chi connectivity index (χ0v) is 17.2. The van der Waals surface area contributed by atoms with E-state index in [0.29, 0.717) is 12.5 Å². The molecule has 0 N–H and O–H groups in total. The van der Waals surface area contributed by atoms with Gasteiger partial charge in [-0.05, 0) is 63.0 Å². The molecule has 1 aliphatic rings. The van der Waals surface area contributed by atoms with Gasteiger partial charge in [-0.2, -0.15) is 0 Å².